The third-order valence-electron chi connectivity index (χ3n) is 16.6. The van der Waals surface area contributed by atoms with Gasteiger partial charge in [0.1, 0.15) is 53.8 Å². The van der Waals surface area contributed by atoms with Crippen molar-refractivity contribution in [3.05, 3.63) is 63.9 Å². The van der Waals surface area contributed by atoms with Gasteiger partial charge >= 0.3 is 11.9 Å². The molecule has 26 nitrogen and oxygen atoms in total. The number of carboxylic acids is 1. The first-order valence-electron chi connectivity index (χ1n) is 32.6. The molecule has 510 valence electrons. The lowest BCUT2D eigenvalue weighted by Gasteiger charge is -2.27. The molecular weight excluding hydrogens is 1270 g/mol. The van der Waals surface area contributed by atoms with Gasteiger partial charge in [-0.1, -0.05) is 83.1 Å². The van der Waals surface area contributed by atoms with Crippen LogP contribution in [0.3, 0.4) is 0 Å². The number of ketones is 1. The summed E-state index contributed by atoms with van der Waals surface area (Å²) >= 11 is 3.37. The number of anilines is 1. The fraction of sp³-hybridized carbons (Fsp3) is 0.621. The molecule has 1 saturated heterocycles. The lowest BCUT2D eigenvalue weighted by Crippen LogP contribution is -2.47. The summed E-state index contributed by atoms with van der Waals surface area (Å²) in [6.07, 6.45) is 20.0. The lowest BCUT2D eigenvalue weighted by atomic mass is 9.99. The number of aryl methyl sites for hydroxylation is 3. The fourth-order valence-corrected chi connectivity index (χ4v) is 11.8. The Bertz CT molecular complexity index is 3150. The number of esters is 1. The Morgan fingerprint density at radius 2 is 1.24 bits per heavy atom. The van der Waals surface area contributed by atoms with Crippen LogP contribution in [0, 0.1) is 26.2 Å². The van der Waals surface area contributed by atoms with Crippen LogP contribution in [0.15, 0.2) is 41.3 Å². The molecule has 4 atom stereocenters. The number of amides is 6. The highest BCUT2D eigenvalue weighted by atomic mass is 79.9. The first kappa shape index (κ1) is 74.7. The maximum atomic E-state index is 14.6. The van der Waals surface area contributed by atoms with Crippen molar-refractivity contribution in [1.82, 2.24) is 50.9 Å². The minimum absolute atomic E-state index is 0.00478. The molecule has 1 aliphatic heterocycles. The Kier molecular flexibility index (Phi) is 31.6. The number of carbonyl (C=O) groups is 9. The average Bonchev–Trinajstić information content (AvgIpc) is 1.54. The summed E-state index contributed by atoms with van der Waals surface area (Å²) in [5.74, 6) is -2.74. The van der Waals surface area contributed by atoms with E-state index >= 15 is 0 Å². The number of benzene rings is 1. The van der Waals surface area contributed by atoms with E-state index in [0.29, 0.717) is 40.0 Å². The molecule has 27 heteroatoms. The smallest absolute Gasteiger partial charge is 0.328 e. The number of carboxylic acid groups (broad SMARTS) is 1. The van der Waals surface area contributed by atoms with E-state index in [0.717, 1.165) is 60.8 Å². The van der Waals surface area contributed by atoms with E-state index < -0.39 is 35.3 Å². The third kappa shape index (κ3) is 25.2. The van der Waals surface area contributed by atoms with Crippen LogP contribution in [0.4, 0.5) is 5.82 Å². The molecule has 1 saturated carbocycles. The van der Waals surface area contributed by atoms with Gasteiger partial charge in [-0.05, 0) is 104 Å². The van der Waals surface area contributed by atoms with Crippen LogP contribution in [0.2, 0.25) is 0 Å². The number of Topliss-reactive ketones (excluding diaryl/α,β-unsaturated/α-hetero) is 1. The topological polar surface area (TPSA) is 340 Å². The Balaban J connectivity index is 0.786. The van der Waals surface area contributed by atoms with Gasteiger partial charge in [-0.15, -0.1) is 0 Å². The zero-order valence-electron chi connectivity index (χ0n) is 54.5. The second-order valence-electron chi connectivity index (χ2n) is 24.0. The molecule has 0 spiro atoms. The summed E-state index contributed by atoms with van der Waals surface area (Å²) in [4.78, 5) is 130. The maximum Gasteiger partial charge on any atom is 0.328 e. The Hall–Kier alpha value is -7.33. The van der Waals surface area contributed by atoms with Gasteiger partial charge < -0.3 is 60.3 Å². The quantitative estimate of drug-likeness (QED) is 0.0113. The predicted molar refractivity (Wildman–Crippen MR) is 349 cm³/mol. The van der Waals surface area contributed by atoms with Crippen LogP contribution in [0.5, 0.6) is 0 Å². The number of methoxy groups -OCH3 is 1. The number of nitrogens with zero attached hydrogens (tertiary/aromatic N) is 6. The molecule has 6 N–H and O–H groups in total. The highest BCUT2D eigenvalue weighted by Gasteiger charge is 2.67. The highest BCUT2D eigenvalue weighted by molar-refractivity contribution is 9.10. The van der Waals surface area contributed by atoms with E-state index in [-0.39, 0.29) is 158 Å². The number of hydrogen-bond donors (Lipinski definition) is 6. The highest BCUT2D eigenvalue weighted by Crippen LogP contribution is 2.59. The molecule has 0 unspecified atom stereocenters. The second kappa shape index (κ2) is 39.4. The molecule has 93 heavy (non-hydrogen) atoms. The monoisotopic (exact) mass is 1360 g/mol. The fourth-order valence-electron chi connectivity index (χ4n) is 11.5. The van der Waals surface area contributed by atoms with E-state index in [1.165, 1.54) is 63.7 Å². The largest absolute Gasteiger partial charge is 0.481 e. The number of pyridine rings is 1. The molecule has 1 aromatic carbocycles. The summed E-state index contributed by atoms with van der Waals surface area (Å²) < 4.78 is 28.9. The van der Waals surface area contributed by atoms with Crippen molar-refractivity contribution in [3.63, 3.8) is 0 Å². The van der Waals surface area contributed by atoms with E-state index in [9.17, 15) is 43.2 Å². The van der Waals surface area contributed by atoms with Crippen LogP contribution >= 0.6 is 15.9 Å². The SMILES string of the molecule is COC(=O)[C@H](CCC(=O)NCCOCCOCC(=O)NCCOCCOCC(=O)NC[C@@]12C[C@@H](C(=O)Nc3nc(Br)ccc3C)N(C(=O)Cn3nc(C(C)=O)c4cc(-c5cnc(C)nc5)cc(C)c43)[C@@H]1C2)NC(=O)CCCCCCCCCCCCCCCCC(=O)O. The number of aliphatic carboxylic acids is 1. The zero-order chi connectivity index (χ0) is 67.1. The standard InChI is InChI=1S/C66H94BrN11O15/c1-44-22-24-54(67)74-63(44)75-64(87)52-36-66(37-53(66)78(52)59(84)40-77-62-45(2)34-48(49-38-70-47(4)71-39-49)35-50(62)61(76-77)46(3)79)43-72-58(83)42-93-33-31-91-29-27-69-57(82)41-92-32-30-90-28-26-68-55(80)25-23-51(65(88)89-5)73-56(81)20-18-16-14-12-10-8-6-7-9-11-13-15-17-19-21-60(85)86/h22,24,34-35,38-39,51-53H,6-21,23,25-33,36-37,40-43H2,1-5H3,(H,68,80)(H,69,82)(H,72,83)(H,73,81)(H,85,86)(H,74,75,87)/t51-,52-,53+,66-/m0/s1. The van der Waals surface area contributed by atoms with Gasteiger partial charge in [0.05, 0.1) is 52.3 Å². The van der Waals surface area contributed by atoms with Crippen molar-refractivity contribution in [3.8, 4) is 11.1 Å². The van der Waals surface area contributed by atoms with Gasteiger partial charge in [0, 0.05) is 80.6 Å². The van der Waals surface area contributed by atoms with Gasteiger partial charge in [-0.25, -0.2) is 19.7 Å². The minimum atomic E-state index is -0.933. The second-order valence-corrected chi connectivity index (χ2v) is 24.8. The molecule has 0 radical (unpaired) electrons. The Morgan fingerprint density at radius 1 is 0.667 bits per heavy atom. The molecule has 0 bridgehead atoms. The van der Waals surface area contributed by atoms with E-state index in [2.05, 4.69) is 62.6 Å². The van der Waals surface area contributed by atoms with Gasteiger partial charge in [0.15, 0.2) is 5.78 Å². The van der Waals surface area contributed by atoms with Gasteiger partial charge in [0.25, 0.3) is 0 Å². The number of piperidine rings is 1. The van der Waals surface area contributed by atoms with Gasteiger partial charge in [0.2, 0.25) is 35.4 Å². The van der Waals surface area contributed by atoms with Crippen molar-refractivity contribution in [1.29, 1.82) is 0 Å². The van der Waals surface area contributed by atoms with Crippen LogP contribution in [-0.4, -0.2) is 186 Å². The number of hydrogen-bond acceptors (Lipinski definition) is 18. The van der Waals surface area contributed by atoms with Crippen LogP contribution in [0.25, 0.3) is 22.0 Å². The number of aromatic nitrogens is 5. The average molecular weight is 1360 g/mol. The molecule has 6 amide bonds. The predicted octanol–water partition coefficient (Wildman–Crippen LogP) is 6.96. The molecule has 4 heterocycles. The van der Waals surface area contributed by atoms with Crippen molar-refractivity contribution in [2.75, 3.05) is 84.9 Å². The normalized spacial score (nSPS) is 15.9. The molecular formula is C66H94BrN11O15. The van der Waals surface area contributed by atoms with Crippen molar-refractivity contribution in [2.45, 2.75) is 181 Å². The summed E-state index contributed by atoms with van der Waals surface area (Å²) in [7, 11) is 1.24. The molecule has 2 fully saturated rings. The zero-order valence-corrected chi connectivity index (χ0v) is 56.1. The first-order valence-corrected chi connectivity index (χ1v) is 33.3. The Labute approximate surface area is 552 Å². The number of carbonyl (C=O) groups excluding carboxylic acids is 8. The van der Waals surface area contributed by atoms with Crippen molar-refractivity contribution < 1.29 is 71.9 Å². The van der Waals surface area contributed by atoms with Gasteiger partial charge in [-0.2, -0.15) is 5.10 Å². The van der Waals surface area contributed by atoms with Crippen LogP contribution in [-0.2, 0) is 68.6 Å². The summed E-state index contributed by atoms with van der Waals surface area (Å²) in [6.45, 7) is 7.78. The van der Waals surface area contributed by atoms with E-state index in [1.54, 1.807) is 30.3 Å². The van der Waals surface area contributed by atoms with Crippen molar-refractivity contribution in [2.24, 2.45) is 5.41 Å². The third-order valence-corrected chi connectivity index (χ3v) is 17.0. The number of ether oxygens (including phenoxy) is 5. The van der Waals surface area contributed by atoms with Crippen LogP contribution < -0.4 is 26.6 Å². The summed E-state index contributed by atoms with van der Waals surface area (Å²) in [5.41, 5.74) is 3.29. The molecule has 6 rings (SSSR count). The number of fused-ring (bicyclic) bond motifs is 2. The van der Waals surface area contributed by atoms with E-state index in [4.69, 9.17) is 28.8 Å². The Morgan fingerprint density at radius 3 is 1.83 bits per heavy atom. The number of unbranched alkanes of at least 4 members (excludes halogenated alkanes) is 13. The van der Waals surface area contributed by atoms with E-state index in [1.807, 2.05) is 32.0 Å². The van der Waals surface area contributed by atoms with Crippen LogP contribution in [0.1, 0.15) is 163 Å². The lowest BCUT2D eigenvalue weighted by molar-refractivity contribution is -0.145. The maximum absolute atomic E-state index is 14.6. The molecule has 2 aliphatic rings. The number of likely N-dealkylation sites (tertiary alicyclic amines) is 1. The summed E-state index contributed by atoms with van der Waals surface area (Å²) in [5, 5.41) is 27.9. The number of halogens is 1. The van der Waals surface area contributed by atoms with Gasteiger partial charge in [-0.3, -0.25) is 43.0 Å². The van der Waals surface area contributed by atoms with Crippen molar-refractivity contribution >= 4 is 85.8 Å². The number of nitrogens with one attached hydrogen (secondary N) is 5. The summed E-state index contributed by atoms with van der Waals surface area (Å²) in [6, 6.07) is 5.16. The first-order chi connectivity index (χ1) is 44.8. The molecule has 3 aromatic heterocycles. The molecule has 4 aromatic rings. The number of rotatable bonds is 46. The minimum Gasteiger partial charge on any atom is -0.481 e. The molecule has 1 aliphatic carbocycles.